The Kier molecular flexibility index (Phi) is 12.7. The summed E-state index contributed by atoms with van der Waals surface area (Å²) in [7, 11) is 0. The molecule has 0 saturated heterocycles. The van der Waals surface area contributed by atoms with Gasteiger partial charge in [0.25, 0.3) is 0 Å². The van der Waals surface area contributed by atoms with Gasteiger partial charge in [-0.25, -0.2) is 0 Å². The lowest BCUT2D eigenvalue weighted by molar-refractivity contribution is -0.136. The molecule has 0 aliphatic carbocycles. The SMILES string of the molecule is CCCCCCCCCCC/C=C/CC(=O)O. The number of carboxylic acid groups (broad SMARTS) is 1. The van der Waals surface area contributed by atoms with Crippen molar-refractivity contribution in [1.29, 1.82) is 0 Å². The van der Waals surface area contributed by atoms with Crippen molar-refractivity contribution in [1.82, 2.24) is 0 Å². The smallest absolute Gasteiger partial charge is 0.307 e. The molecule has 0 aromatic carbocycles. The van der Waals surface area contributed by atoms with E-state index in [2.05, 4.69) is 6.92 Å². The predicted octanol–water partition coefficient (Wildman–Crippen LogP) is 4.94. The highest BCUT2D eigenvalue weighted by molar-refractivity contribution is 5.68. The van der Waals surface area contributed by atoms with Gasteiger partial charge in [-0.3, -0.25) is 4.79 Å². The predicted molar refractivity (Wildman–Crippen MR) is 73.2 cm³/mol. The van der Waals surface area contributed by atoms with E-state index in [1.54, 1.807) is 6.08 Å². The number of carbonyl (C=O) groups is 1. The van der Waals surface area contributed by atoms with Crippen molar-refractivity contribution >= 4 is 5.97 Å². The second kappa shape index (κ2) is 13.3. The summed E-state index contributed by atoms with van der Waals surface area (Å²) in [5, 5.41) is 8.42. The molecule has 2 nitrogen and oxygen atoms in total. The Morgan fingerprint density at radius 1 is 0.882 bits per heavy atom. The van der Waals surface area contributed by atoms with Crippen LogP contribution in [0.5, 0.6) is 0 Å². The highest BCUT2D eigenvalue weighted by Gasteiger charge is 1.92. The first-order chi connectivity index (χ1) is 8.27. The fourth-order valence-electron chi connectivity index (χ4n) is 1.87. The minimum absolute atomic E-state index is 0.164. The van der Waals surface area contributed by atoms with Crippen molar-refractivity contribution in [3.63, 3.8) is 0 Å². The average Bonchev–Trinajstić information content (AvgIpc) is 2.30. The van der Waals surface area contributed by atoms with Gasteiger partial charge in [-0.05, 0) is 12.8 Å². The van der Waals surface area contributed by atoms with E-state index in [-0.39, 0.29) is 6.42 Å². The molecule has 17 heavy (non-hydrogen) atoms. The average molecular weight is 240 g/mol. The molecule has 0 bridgehead atoms. The Bertz CT molecular complexity index is 197. The molecular weight excluding hydrogens is 212 g/mol. The third-order valence-corrected chi connectivity index (χ3v) is 2.93. The topological polar surface area (TPSA) is 37.3 Å². The fourth-order valence-corrected chi connectivity index (χ4v) is 1.87. The molecule has 0 aliphatic heterocycles. The van der Waals surface area contributed by atoms with Crippen LogP contribution in [0.2, 0.25) is 0 Å². The summed E-state index contributed by atoms with van der Waals surface area (Å²) in [5.74, 6) is -0.742. The minimum Gasteiger partial charge on any atom is -0.481 e. The largest absolute Gasteiger partial charge is 0.481 e. The number of unbranched alkanes of at least 4 members (excludes halogenated alkanes) is 9. The molecule has 100 valence electrons. The van der Waals surface area contributed by atoms with Crippen molar-refractivity contribution in [2.24, 2.45) is 0 Å². The van der Waals surface area contributed by atoms with E-state index in [0.29, 0.717) is 0 Å². The molecule has 0 heterocycles. The van der Waals surface area contributed by atoms with Crippen LogP contribution in [0.15, 0.2) is 12.2 Å². The summed E-state index contributed by atoms with van der Waals surface area (Å²) in [5.41, 5.74) is 0. The van der Waals surface area contributed by atoms with Gasteiger partial charge in [0.1, 0.15) is 0 Å². The third-order valence-electron chi connectivity index (χ3n) is 2.93. The molecule has 0 rings (SSSR count). The first-order valence-corrected chi connectivity index (χ1v) is 7.14. The standard InChI is InChI=1S/C15H28O2/c1-2-3-4-5-6-7-8-9-10-11-12-13-14-15(16)17/h12-13H,2-11,14H2,1H3,(H,16,17)/b13-12+. The summed E-state index contributed by atoms with van der Waals surface area (Å²) in [6.45, 7) is 2.25. The minimum atomic E-state index is -0.742. The van der Waals surface area contributed by atoms with Crippen molar-refractivity contribution in [2.45, 2.75) is 77.6 Å². The quantitative estimate of drug-likeness (QED) is 0.387. The Balaban J connectivity index is 3.03. The van der Waals surface area contributed by atoms with Crippen molar-refractivity contribution < 1.29 is 9.90 Å². The molecule has 0 saturated carbocycles. The molecule has 0 aromatic heterocycles. The van der Waals surface area contributed by atoms with E-state index in [4.69, 9.17) is 5.11 Å². The molecular formula is C15H28O2. The highest BCUT2D eigenvalue weighted by atomic mass is 16.4. The van der Waals surface area contributed by atoms with Gasteiger partial charge in [0.05, 0.1) is 6.42 Å². The zero-order valence-electron chi connectivity index (χ0n) is 11.3. The van der Waals surface area contributed by atoms with Gasteiger partial charge < -0.3 is 5.11 Å². The van der Waals surface area contributed by atoms with E-state index >= 15 is 0 Å². The Labute approximate surface area is 106 Å². The maximum Gasteiger partial charge on any atom is 0.307 e. The van der Waals surface area contributed by atoms with Crippen LogP contribution in [-0.4, -0.2) is 11.1 Å². The molecule has 1 N–H and O–H groups in total. The van der Waals surface area contributed by atoms with Crippen LogP contribution in [0.3, 0.4) is 0 Å². The van der Waals surface area contributed by atoms with E-state index < -0.39 is 5.97 Å². The Morgan fingerprint density at radius 2 is 1.41 bits per heavy atom. The summed E-state index contributed by atoms with van der Waals surface area (Å²) >= 11 is 0. The molecule has 0 amide bonds. The maximum absolute atomic E-state index is 10.2. The van der Waals surface area contributed by atoms with E-state index in [1.165, 1.54) is 57.8 Å². The first-order valence-electron chi connectivity index (χ1n) is 7.14. The van der Waals surface area contributed by atoms with Gasteiger partial charge in [-0.1, -0.05) is 70.4 Å². The van der Waals surface area contributed by atoms with Crippen molar-refractivity contribution in [3.05, 3.63) is 12.2 Å². The number of rotatable bonds is 12. The van der Waals surface area contributed by atoms with Crippen LogP contribution in [0.25, 0.3) is 0 Å². The zero-order valence-corrected chi connectivity index (χ0v) is 11.3. The summed E-state index contributed by atoms with van der Waals surface area (Å²) in [4.78, 5) is 10.2. The third kappa shape index (κ3) is 15.2. The monoisotopic (exact) mass is 240 g/mol. The van der Waals surface area contributed by atoms with Crippen LogP contribution >= 0.6 is 0 Å². The Morgan fingerprint density at radius 3 is 1.94 bits per heavy atom. The second-order valence-electron chi connectivity index (χ2n) is 4.69. The lowest BCUT2D eigenvalue weighted by Crippen LogP contribution is -1.89. The molecule has 0 aliphatic rings. The highest BCUT2D eigenvalue weighted by Crippen LogP contribution is 2.10. The summed E-state index contributed by atoms with van der Waals surface area (Å²) in [6.07, 6.45) is 17.0. The molecule has 0 fully saturated rings. The fraction of sp³-hybridized carbons (Fsp3) is 0.800. The van der Waals surface area contributed by atoms with Crippen LogP contribution in [0, 0.1) is 0 Å². The van der Waals surface area contributed by atoms with Gasteiger partial charge in [0.2, 0.25) is 0 Å². The molecule has 2 heteroatoms. The van der Waals surface area contributed by atoms with Crippen LogP contribution in [0.1, 0.15) is 77.6 Å². The normalized spacial score (nSPS) is 11.1. The van der Waals surface area contributed by atoms with Gasteiger partial charge in [-0.2, -0.15) is 0 Å². The number of carboxylic acids is 1. The molecule has 0 spiro atoms. The van der Waals surface area contributed by atoms with Crippen LogP contribution in [0.4, 0.5) is 0 Å². The first kappa shape index (κ1) is 16.2. The second-order valence-corrected chi connectivity index (χ2v) is 4.69. The molecule has 0 atom stereocenters. The lowest BCUT2D eigenvalue weighted by Gasteiger charge is -2.00. The molecule has 0 unspecified atom stereocenters. The van der Waals surface area contributed by atoms with Gasteiger partial charge in [0, 0.05) is 0 Å². The lowest BCUT2D eigenvalue weighted by atomic mass is 10.1. The Hall–Kier alpha value is -0.790. The van der Waals surface area contributed by atoms with E-state index in [1.807, 2.05) is 6.08 Å². The van der Waals surface area contributed by atoms with Crippen molar-refractivity contribution in [2.75, 3.05) is 0 Å². The van der Waals surface area contributed by atoms with E-state index in [9.17, 15) is 4.79 Å². The number of allylic oxidation sites excluding steroid dienone is 1. The number of hydrogen-bond acceptors (Lipinski definition) is 1. The molecule has 0 radical (unpaired) electrons. The summed E-state index contributed by atoms with van der Waals surface area (Å²) in [6, 6.07) is 0. The van der Waals surface area contributed by atoms with Gasteiger partial charge in [-0.15, -0.1) is 0 Å². The number of hydrogen-bond donors (Lipinski definition) is 1. The van der Waals surface area contributed by atoms with Gasteiger partial charge >= 0.3 is 5.97 Å². The number of aliphatic carboxylic acids is 1. The zero-order chi connectivity index (χ0) is 12.8. The summed E-state index contributed by atoms with van der Waals surface area (Å²) < 4.78 is 0. The maximum atomic E-state index is 10.2. The molecule has 0 aromatic rings. The van der Waals surface area contributed by atoms with Crippen LogP contribution in [-0.2, 0) is 4.79 Å². The van der Waals surface area contributed by atoms with Gasteiger partial charge in [0.15, 0.2) is 0 Å². The van der Waals surface area contributed by atoms with Crippen LogP contribution < -0.4 is 0 Å². The van der Waals surface area contributed by atoms with Crippen molar-refractivity contribution in [3.8, 4) is 0 Å². The van der Waals surface area contributed by atoms with E-state index in [0.717, 1.165) is 6.42 Å².